The Morgan fingerprint density at radius 2 is 1.57 bits per heavy atom. The van der Waals surface area contributed by atoms with E-state index >= 15 is 0 Å². The Hall–Kier alpha value is -0.0800. The van der Waals surface area contributed by atoms with Crippen LogP contribution in [0, 0.1) is 52.3 Å². The number of ether oxygens (including phenoxy) is 1. The van der Waals surface area contributed by atoms with Crippen LogP contribution >= 0.6 is 0 Å². The molecule has 0 heterocycles. The molecule has 4 saturated carbocycles. The lowest BCUT2D eigenvalue weighted by atomic mass is 9.43. The summed E-state index contributed by atoms with van der Waals surface area (Å²) in [6.45, 7) is 12.5. The maximum absolute atomic E-state index is 11.3. The predicted molar refractivity (Wildman–Crippen MR) is 125 cm³/mol. The third kappa shape index (κ3) is 3.81. The molecule has 0 aromatic carbocycles. The van der Waals surface area contributed by atoms with Crippen molar-refractivity contribution < 1.29 is 9.84 Å². The lowest BCUT2D eigenvalue weighted by molar-refractivity contribution is -0.174. The van der Waals surface area contributed by atoms with Crippen LogP contribution < -0.4 is 0 Å². The van der Waals surface area contributed by atoms with E-state index in [1.807, 2.05) is 7.11 Å². The molecule has 0 aromatic rings. The van der Waals surface area contributed by atoms with Gasteiger partial charge in [-0.25, -0.2) is 0 Å². The summed E-state index contributed by atoms with van der Waals surface area (Å²) in [4.78, 5) is 0. The second-order valence-electron chi connectivity index (χ2n) is 13.0. The van der Waals surface area contributed by atoms with E-state index in [2.05, 4.69) is 34.6 Å². The van der Waals surface area contributed by atoms with Crippen molar-refractivity contribution in [1.29, 1.82) is 0 Å². The highest BCUT2D eigenvalue weighted by atomic mass is 16.5. The van der Waals surface area contributed by atoms with E-state index in [1.165, 1.54) is 57.8 Å². The molecule has 0 radical (unpaired) electrons. The number of methoxy groups -OCH3 is 1. The molecule has 10 atom stereocenters. The summed E-state index contributed by atoms with van der Waals surface area (Å²) in [6, 6.07) is 0. The molecule has 0 aliphatic heterocycles. The first-order valence-electron chi connectivity index (χ1n) is 13.4. The van der Waals surface area contributed by atoms with E-state index in [-0.39, 0.29) is 6.10 Å². The molecule has 4 fully saturated rings. The van der Waals surface area contributed by atoms with Crippen LogP contribution in [0.5, 0.6) is 0 Å². The van der Waals surface area contributed by atoms with Gasteiger partial charge in [-0.1, -0.05) is 53.9 Å². The quantitative estimate of drug-likeness (QED) is 0.499. The molecule has 0 amide bonds. The summed E-state index contributed by atoms with van der Waals surface area (Å²) in [6.07, 6.45) is 14.8. The second kappa shape index (κ2) is 8.69. The smallest absolute Gasteiger partial charge is 0.0577 e. The third-order valence-corrected chi connectivity index (χ3v) is 11.2. The van der Waals surface area contributed by atoms with E-state index in [9.17, 15) is 5.11 Å². The van der Waals surface area contributed by atoms with Gasteiger partial charge in [-0.3, -0.25) is 0 Å². The fourth-order valence-corrected chi connectivity index (χ4v) is 9.50. The molecular formula is C28H50O2. The third-order valence-electron chi connectivity index (χ3n) is 11.2. The van der Waals surface area contributed by atoms with Gasteiger partial charge in [0, 0.05) is 7.11 Å². The molecule has 0 saturated heterocycles. The predicted octanol–water partition coefficient (Wildman–Crippen LogP) is 7.09. The average Bonchev–Trinajstić information content (AvgIpc) is 3.05. The van der Waals surface area contributed by atoms with E-state index in [0.29, 0.717) is 22.9 Å². The zero-order chi connectivity index (χ0) is 21.7. The molecule has 0 aromatic heterocycles. The maximum atomic E-state index is 11.3. The van der Waals surface area contributed by atoms with Crippen LogP contribution in [-0.4, -0.2) is 24.4 Å². The monoisotopic (exact) mass is 418 g/mol. The van der Waals surface area contributed by atoms with Crippen LogP contribution in [0.15, 0.2) is 0 Å². The highest BCUT2D eigenvalue weighted by Crippen LogP contribution is 2.68. The number of aliphatic hydroxyl groups excluding tert-OH is 1. The number of hydrogen-bond acceptors (Lipinski definition) is 2. The Morgan fingerprint density at radius 3 is 2.27 bits per heavy atom. The number of rotatable bonds is 6. The van der Waals surface area contributed by atoms with Crippen molar-refractivity contribution in [2.24, 2.45) is 52.3 Å². The number of fused-ring (bicyclic) bond motifs is 5. The Kier molecular flexibility index (Phi) is 6.69. The van der Waals surface area contributed by atoms with E-state index in [1.54, 1.807) is 0 Å². The molecule has 2 heteroatoms. The van der Waals surface area contributed by atoms with E-state index in [4.69, 9.17) is 4.74 Å². The van der Waals surface area contributed by atoms with Crippen LogP contribution in [0.2, 0.25) is 0 Å². The topological polar surface area (TPSA) is 29.5 Å². The molecule has 0 bridgehead atoms. The van der Waals surface area contributed by atoms with Gasteiger partial charge in [0.05, 0.1) is 12.2 Å². The second-order valence-corrected chi connectivity index (χ2v) is 13.0. The number of aliphatic hydroxyl groups is 1. The van der Waals surface area contributed by atoms with Gasteiger partial charge in [-0.2, -0.15) is 0 Å². The Morgan fingerprint density at radius 1 is 0.867 bits per heavy atom. The molecule has 4 aliphatic rings. The fraction of sp³-hybridized carbons (Fsp3) is 1.00. The van der Waals surface area contributed by atoms with Crippen molar-refractivity contribution in [2.45, 2.75) is 117 Å². The summed E-state index contributed by atoms with van der Waals surface area (Å²) >= 11 is 0. The van der Waals surface area contributed by atoms with E-state index in [0.717, 1.165) is 48.3 Å². The molecule has 4 aliphatic carbocycles. The summed E-state index contributed by atoms with van der Waals surface area (Å²) in [7, 11) is 1.86. The minimum Gasteiger partial charge on any atom is -0.393 e. The average molecular weight is 419 g/mol. The van der Waals surface area contributed by atoms with Crippen molar-refractivity contribution in [1.82, 2.24) is 0 Å². The highest BCUT2D eigenvalue weighted by Gasteiger charge is 2.62. The van der Waals surface area contributed by atoms with Gasteiger partial charge in [-0.15, -0.1) is 0 Å². The molecule has 1 N–H and O–H groups in total. The first kappa shape index (κ1) is 23.1. The zero-order valence-corrected chi connectivity index (χ0v) is 20.8. The Bertz CT molecular complexity index is 587. The first-order valence-corrected chi connectivity index (χ1v) is 13.4. The summed E-state index contributed by atoms with van der Waals surface area (Å²) in [5.41, 5.74) is 0.852. The van der Waals surface area contributed by atoms with Gasteiger partial charge < -0.3 is 9.84 Å². The van der Waals surface area contributed by atoms with Crippen LogP contribution in [0.25, 0.3) is 0 Å². The van der Waals surface area contributed by atoms with Crippen LogP contribution in [-0.2, 0) is 4.74 Å². The highest BCUT2D eigenvalue weighted by molar-refractivity contribution is 5.11. The van der Waals surface area contributed by atoms with Crippen molar-refractivity contribution in [3.05, 3.63) is 0 Å². The standard InChI is InChI=1S/C28H50O2/c1-18(2)8-7-9-19(3)22-10-11-23-21-17-26(29)25-16-20(30-6)12-14-28(25,5)24(21)13-15-27(22,23)4/h18-26,29H,7-17H2,1-6H3/t19-,20+,21+,22-,23+,24+,25+,26+,27-,28-/m1/s1. The van der Waals surface area contributed by atoms with Gasteiger partial charge >= 0.3 is 0 Å². The summed E-state index contributed by atoms with van der Waals surface area (Å²) in [5.74, 6) is 5.50. The van der Waals surface area contributed by atoms with Crippen molar-refractivity contribution in [2.75, 3.05) is 7.11 Å². The van der Waals surface area contributed by atoms with Crippen molar-refractivity contribution in [3.8, 4) is 0 Å². The summed E-state index contributed by atoms with van der Waals surface area (Å²) in [5, 5.41) is 11.3. The fourth-order valence-electron chi connectivity index (χ4n) is 9.50. The lowest BCUT2D eigenvalue weighted by Crippen LogP contribution is -2.58. The van der Waals surface area contributed by atoms with Crippen molar-refractivity contribution >= 4 is 0 Å². The Labute approximate surface area is 186 Å². The van der Waals surface area contributed by atoms with Gasteiger partial charge in [0.15, 0.2) is 0 Å². The zero-order valence-electron chi connectivity index (χ0n) is 20.8. The van der Waals surface area contributed by atoms with Crippen LogP contribution in [0.3, 0.4) is 0 Å². The van der Waals surface area contributed by atoms with Gasteiger partial charge in [0.2, 0.25) is 0 Å². The SMILES string of the molecule is CO[C@H]1CC[C@]2(C)[C@H]3CC[C@]4(C)[C@@H]([C@H](C)CCCC(C)C)CC[C@H]4[C@@H]3C[C@H](O)[C@@H]2C1. The van der Waals surface area contributed by atoms with Gasteiger partial charge in [0.1, 0.15) is 0 Å². The lowest BCUT2D eigenvalue weighted by Gasteiger charge is -2.62. The molecular weight excluding hydrogens is 368 g/mol. The first-order chi connectivity index (χ1) is 14.2. The largest absolute Gasteiger partial charge is 0.393 e. The minimum atomic E-state index is -0.112. The molecule has 0 spiro atoms. The van der Waals surface area contributed by atoms with E-state index < -0.39 is 0 Å². The van der Waals surface area contributed by atoms with Crippen LogP contribution in [0.4, 0.5) is 0 Å². The van der Waals surface area contributed by atoms with Crippen molar-refractivity contribution in [3.63, 3.8) is 0 Å². The number of hydrogen-bond donors (Lipinski definition) is 1. The maximum Gasteiger partial charge on any atom is 0.0577 e. The molecule has 4 rings (SSSR count). The summed E-state index contributed by atoms with van der Waals surface area (Å²) < 4.78 is 5.73. The minimum absolute atomic E-state index is 0.112. The molecule has 0 unspecified atom stereocenters. The molecule has 2 nitrogen and oxygen atoms in total. The van der Waals surface area contributed by atoms with Crippen LogP contribution in [0.1, 0.15) is 105 Å². The molecule has 30 heavy (non-hydrogen) atoms. The van der Waals surface area contributed by atoms with Gasteiger partial charge in [-0.05, 0) is 104 Å². The normalized spacial score (nSPS) is 49.4. The molecule has 174 valence electrons. The Balaban J connectivity index is 1.49. The van der Waals surface area contributed by atoms with Gasteiger partial charge in [0.25, 0.3) is 0 Å².